The highest BCUT2D eigenvalue weighted by Gasteiger charge is 2.28. The summed E-state index contributed by atoms with van der Waals surface area (Å²) in [5, 5.41) is 3.10. The van der Waals surface area contributed by atoms with Crippen LogP contribution in [0.5, 0.6) is 0 Å². The molecule has 8 nitrogen and oxygen atoms in total. The molecule has 1 aromatic heterocycles. The molecule has 0 radical (unpaired) electrons. The number of H-pyrrole nitrogens is 1. The number of nitrogens with zero attached hydrogens (tertiary/aromatic N) is 2. The molecule has 162 valence electrons. The first-order valence-electron chi connectivity index (χ1n) is 10.4. The largest absolute Gasteiger partial charge is 0.383 e. The second kappa shape index (κ2) is 9.19. The minimum absolute atomic E-state index is 0.0194. The van der Waals surface area contributed by atoms with E-state index in [1.54, 1.807) is 7.05 Å². The number of hydrogen-bond acceptors (Lipinski definition) is 5. The molecule has 0 saturated heterocycles. The van der Waals surface area contributed by atoms with Gasteiger partial charge in [0.05, 0.1) is 13.1 Å². The number of benzene rings is 1. The van der Waals surface area contributed by atoms with Gasteiger partial charge in [0.1, 0.15) is 11.5 Å². The number of aromatic nitrogens is 2. The molecular formula is C22H31N5O3. The number of carbonyl (C=O) groups is 1. The molecule has 1 amide bonds. The fourth-order valence-electron chi connectivity index (χ4n) is 4.20. The summed E-state index contributed by atoms with van der Waals surface area (Å²) < 4.78 is 1.31. The van der Waals surface area contributed by atoms with Crippen molar-refractivity contribution in [3.05, 3.63) is 56.7 Å². The lowest BCUT2D eigenvalue weighted by molar-refractivity contribution is -0.121. The summed E-state index contributed by atoms with van der Waals surface area (Å²) in [5.41, 5.74) is 6.02. The molecule has 0 spiro atoms. The van der Waals surface area contributed by atoms with Crippen LogP contribution >= 0.6 is 0 Å². The highest BCUT2D eigenvalue weighted by atomic mass is 16.2. The molecule has 8 heteroatoms. The number of rotatable bonds is 6. The summed E-state index contributed by atoms with van der Waals surface area (Å²) in [6.45, 7) is 4.59. The molecule has 3 unspecified atom stereocenters. The van der Waals surface area contributed by atoms with Gasteiger partial charge in [-0.25, -0.2) is 4.79 Å². The van der Waals surface area contributed by atoms with Gasteiger partial charge >= 0.3 is 5.69 Å². The van der Waals surface area contributed by atoms with Gasteiger partial charge < -0.3 is 16.0 Å². The molecule has 3 rings (SSSR count). The second-order valence-electron chi connectivity index (χ2n) is 8.36. The normalized spacial score (nSPS) is 21.2. The van der Waals surface area contributed by atoms with E-state index in [4.69, 9.17) is 5.73 Å². The number of nitrogens with one attached hydrogen (secondary N) is 2. The third-order valence-electron chi connectivity index (χ3n) is 6.21. The van der Waals surface area contributed by atoms with Gasteiger partial charge in [-0.15, -0.1) is 0 Å². The van der Waals surface area contributed by atoms with Crippen molar-refractivity contribution >= 4 is 17.4 Å². The summed E-state index contributed by atoms with van der Waals surface area (Å²) in [6.07, 6.45) is 3.25. The Balaban J connectivity index is 1.77. The number of nitrogen functional groups attached to an aromatic ring is 1. The number of amides is 1. The summed E-state index contributed by atoms with van der Waals surface area (Å²) in [4.78, 5) is 41.2. The molecule has 2 aromatic rings. The van der Waals surface area contributed by atoms with E-state index in [1.807, 2.05) is 30.3 Å². The average molecular weight is 414 g/mol. The van der Waals surface area contributed by atoms with Crippen LogP contribution in [0.3, 0.4) is 0 Å². The molecule has 1 aromatic carbocycles. The van der Waals surface area contributed by atoms with Crippen molar-refractivity contribution in [2.24, 2.45) is 11.8 Å². The predicted molar refractivity (Wildman–Crippen MR) is 119 cm³/mol. The van der Waals surface area contributed by atoms with Crippen LogP contribution in [-0.4, -0.2) is 35.1 Å². The summed E-state index contributed by atoms with van der Waals surface area (Å²) in [6, 6.07) is 9.51. The van der Waals surface area contributed by atoms with Crippen LogP contribution in [0.1, 0.15) is 38.7 Å². The van der Waals surface area contributed by atoms with Crippen LogP contribution in [-0.2, 0) is 11.3 Å². The van der Waals surface area contributed by atoms with Crippen LogP contribution in [0.2, 0.25) is 0 Å². The van der Waals surface area contributed by atoms with Gasteiger partial charge in [0, 0.05) is 13.1 Å². The quantitative estimate of drug-likeness (QED) is 0.665. The summed E-state index contributed by atoms with van der Waals surface area (Å²) in [7, 11) is 1.63. The summed E-state index contributed by atoms with van der Waals surface area (Å²) >= 11 is 0. The average Bonchev–Trinajstić information content (AvgIpc) is 2.69. The number of anilines is 2. The SMILES string of the molecule is CC1CCCC(NC(=O)CN(C)c2c(N)n(Cc3ccccc3)c(=O)[nH]c2=O)C1C. The van der Waals surface area contributed by atoms with Gasteiger partial charge in [-0.2, -0.15) is 0 Å². The van der Waals surface area contributed by atoms with Crippen LogP contribution in [0.4, 0.5) is 11.5 Å². The lowest BCUT2D eigenvalue weighted by Gasteiger charge is -2.35. The maximum absolute atomic E-state index is 12.6. The van der Waals surface area contributed by atoms with Crippen LogP contribution < -0.4 is 27.2 Å². The van der Waals surface area contributed by atoms with Gasteiger partial charge in [-0.1, -0.05) is 57.0 Å². The van der Waals surface area contributed by atoms with E-state index in [9.17, 15) is 14.4 Å². The zero-order valence-corrected chi connectivity index (χ0v) is 17.9. The predicted octanol–water partition coefficient (Wildman–Crippen LogP) is 1.54. The Kier molecular flexibility index (Phi) is 6.64. The molecule has 1 fully saturated rings. The lowest BCUT2D eigenvalue weighted by atomic mass is 9.78. The van der Waals surface area contributed by atoms with Gasteiger partial charge in [-0.3, -0.25) is 19.1 Å². The topological polar surface area (TPSA) is 113 Å². The van der Waals surface area contributed by atoms with Crippen molar-refractivity contribution in [2.75, 3.05) is 24.2 Å². The molecular weight excluding hydrogens is 382 g/mol. The highest BCUT2D eigenvalue weighted by Crippen LogP contribution is 2.29. The van der Waals surface area contributed by atoms with E-state index in [1.165, 1.54) is 15.9 Å². The first-order valence-corrected chi connectivity index (χ1v) is 10.4. The Labute approximate surface area is 176 Å². The number of carbonyl (C=O) groups excluding carboxylic acids is 1. The van der Waals surface area contributed by atoms with Gasteiger partial charge in [0.2, 0.25) is 5.91 Å². The molecule has 0 aliphatic heterocycles. The summed E-state index contributed by atoms with van der Waals surface area (Å²) in [5.74, 6) is 0.863. The first kappa shape index (κ1) is 21.7. The number of hydrogen-bond donors (Lipinski definition) is 3. The lowest BCUT2D eigenvalue weighted by Crippen LogP contribution is -2.48. The fourth-order valence-corrected chi connectivity index (χ4v) is 4.20. The maximum atomic E-state index is 12.6. The minimum Gasteiger partial charge on any atom is -0.383 e. The Hall–Kier alpha value is -3.03. The van der Waals surface area contributed by atoms with Crippen molar-refractivity contribution in [1.82, 2.24) is 14.9 Å². The van der Waals surface area contributed by atoms with E-state index in [0.29, 0.717) is 11.8 Å². The molecule has 4 N–H and O–H groups in total. The van der Waals surface area contributed by atoms with Crippen molar-refractivity contribution in [3.63, 3.8) is 0 Å². The van der Waals surface area contributed by atoms with E-state index in [-0.39, 0.29) is 36.5 Å². The van der Waals surface area contributed by atoms with E-state index >= 15 is 0 Å². The van der Waals surface area contributed by atoms with Crippen LogP contribution in [0, 0.1) is 11.8 Å². The standard InChI is InChI=1S/C22H31N5O3/c1-14-8-7-11-17(15(14)2)24-18(28)13-26(3)19-20(23)27(22(30)25-21(19)29)12-16-9-5-4-6-10-16/h4-6,9-10,14-15,17H,7-8,11-13,23H2,1-3H3,(H,24,28)(H,25,29,30). The zero-order chi connectivity index (χ0) is 21.8. The van der Waals surface area contributed by atoms with E-state index in [0.717, 1.165) is 18.4 Å². The molecule has 0 bridgehead atoms. The molecule has 1 saturated carbocycles. The third-order valence-corrected chi connectivity index (χ3v) is 6.21. The molecule has 1 aliphatic rings. The number of likely N-dealkylation sites (N-methyl/N-ethyl adjacent to an activating group) is 1. The fraction of sp³-hybridized carbons (Fsp3) is 0.500. The molecule has 1 aliphatic carbocycles. The monoisotopic (exact) mass is 413 g/mol. The van der Waals surface area contributed by atoms with Gasteiger partial charge in [0.15, 0.2) is 0 Å². The minimum atomic E-state index is -0.600. The van der Waals surface area contributed by atoms with Crippen molar-refractivity contribution < 1.29 is 4.79 Å². The van der Waals surface area contributed by atoms with E-state index < -0.39 is 11.2 Å². The van der Waals surface area contributed by atoms with Crippen LogP contribution in [0.15, 0.2) is 39.9 Å². The second-order valence-corrected chi connectivity index (χ2v) is 8.36. The molecule has 3 atom stereocenters. The Morgan fingerprint density at radius 1 is 1.23 bits per heavy atom. The highest BCUT2D eigenvalue weighted by molar-refractivity contribution is 5.82. The molecule has 1 heterocycles. The zero-order valence-electron chi connectivity index (χ0n) is 17.9. The van der Waals surface area contributed by atoms with Crippen LogP contribution in [0.25, 0.3) is 0 Å². The number of nitrogens with two attached hydrogens (primary N) is 1. The maximum Gasteiger partial charge on any atom is 0.330 e. The van der Waals surface area contributed by atoms with Crippen molar-refractivity contribution in [2.45, 2.75) is 45.7 Å². The van der Waals surface area contributed by atoms with Gasteiger partial charge in [-0.05, 0) is 23.8 Å². The third kappa shape index (κ3) is 4.75. The molecule has 30 heavy (non-hydrogen) atoms. The Morgan fingerprint density at radius 2 is 1.93 bits per heavy atom. The number of aromatic amines is 1. The van der Waals surface area contributed by atoms with Crippen molar-refractivity contribution in [1.29, 1.82) is 0 Å². The Bertz CT molecular complexity index is 998. The first-order chi connectivity index (χ1) is 14.3. The van der Waals surface area contributed by atoms with Gasteiger partial charge in [0.25, 0.3) is 5.56 Å². The van der Waals surface area contributed by atoms with Crippen molar-refractivity contribution in [3.8, 4) is 0 Å². The van der Waals surface area contributed by atoms with E-state index in [2.05, 4.69) is 24.1 Å². The Morgan fingerprint density at radius 3 is 2.63 bits per heavy atom. The smallest absolute Gasteiger partial charge is 0.330 e.